The van der Waals surface area contributed by atoms with Crippen molar-refractivity contribution in [3.63, 3.8) is 0 Å². The molecule has 0 saturated carbocycles. The van der Waals surface area contributed by atoms with Crippen molar-refractivity contribution in [3.05, 3.63) is 107 Å². The molecule has 1 heterocycles. The van der Waals surface area contributed by atoms with Crippen LogP contribution in [0.1, 0.15) is 35.3 Å². The van der Waals surface area contributed by atoms with Gasteiger partial charge >= 0.3 is 0 Å². The normalized spacial score (nSPS) is 11.8. The SMILES string of the molecule is C#CCc1cccc(-c2ccc(-c3cccc(Cc4cccc(C(C)O)c4)c3)s2)c1. The predicted octanol–water partition coefficient (Wildman–Crippen LogP) is 6.90. The Morgan fingerprint density at radius 2 is 1.37 bits per heavy atom. The lowest BCUT2D eigenvalue weighted by Gasteiger charge is -2.08. The van der Waals surface area contributed by atoms with Gasteiger partial charge in [0.2, 0.25) is 0 Å². The molecule has 0 saturated heterocycles. The molecule has 30 heavy (non-hydrogen) atoms. The number of hydrogen-bond acceptors (Lipinski definition) is 2. The molecule has 4 rings (SSSR count). The van der Waals surface area contributed by atoms with Crippen molar-refractivity contribution in [1.82, 2.24) is 0 Å². The fourth-order valence-electron chi connectivity index (χ4n) is 3.63. The smallest absolute Gasteiger partial charge is 0.0762 e. The number of thiophene rings is 1. The molecule has 0 bridgehead atoms. The van der Waals surface area contributed by atoms with Crippen molar-refractivity contribution < 1.29 is 5.11 Å². The Hall–Kier alpha value is -3.12. The molecule has 1 N–H and O–H groups in total. The predicted molar refractivity (Wildman–Crippen MR) is 128 cm³/mol. The molecule has 1 unspecified atom stereocenters. The molecule has 1 nitrogen and oxygen atoms in total. The average Bonchev–Trinajstić information content (AvgIpc) is 3.25. The van der Waals surface area contributed by atoms with Gasteiger partial charge in [0.25, 0.3) is 0 Å². The third kappa shape index (κ3) is 4.71. The standard InChI is InChI=1S/C28H24OS/c1-3-7-21-8-4-12-25(17-21)27-14-15-28(30-27)26-13-6-10-23(19-26)16-22-9-5-11-24(18-22)20(2)29/h1,4-6,8-15,17-20,29H,7,16H2,2H3. The monoisotopic (exact) mass is 408 g/mol. The van der Waals surface area contributed by atoms with Crippen LogP contribution in [0.4, 0.5) is 0 Å². The van der Waals surface area contributed by atoms with E-state index in [2.05, 4.69) is 78.7 Å². The molecule has 1 atom stereocenters. The van der Waals surface area contributed by atoms with Crippen LogP contribution in [-0.2, 0) is 12.8 Å². The first-order valence-electron chi connectivity index (χ1n) is 10.1. The van der Waals surface area contributed by atoms with E-state index >= 15 is 0 Å². The van der Waals surface area contributed by atoms with E-state index in [1.165, 1.54) is 37.6 Å². The number of aliphatic hydroxyl groups excluding tert-OH is 1. The van der Waals surface area contributed by atoms with Crippen LogP contribution >= 0.6 is 11.3 Å². The van der Waals surface area contributed by atoms with Crippen LogP contribution < -0.4 is 0 Å². The summed E-state index contributed by atoms with van der Waals surface area (Å²) >= 11 is 1.80. The second-order valence-electron chi connectivity index (χ2n) is 7.54. The Balaban J connectivity index is 1.57. The number of hydrogen-bond donors (Lipinski definition) is 1. The summed E-state index contributed by atoms with van der Waals surface area (Å²) in [7, 11) is 0. The van der Waals surface area contributed by atoms with Crippen LogP contribution in [0.25, 0.3) is 20.9 Å². The lowest BCUT2D eigenvalue weighted by atomic mass is 9.99. The molecule has 1 aromatic heterocycles. The molecule has 148 valence electrons. The Morgan fingerprint density at radius 1 is 0.800 bits per heavy atom. The van der Waals surface area contributed by atoms with E-state index in [0.717, 1.165) is 12.0 Å². The van der Waals surface area contributed by atoms with Gasteiger partial charge in [-0.25, -0.2) is 0 Å². The summed E-state index contributed by atoms with van der Waals surface area (Å²) < 4.78 is 0. The highest BCUT2D eigenvalue weighted by molar-refractivity contribution is 7.18. The highest BCUT2D eigenvalue weighted by Gasteiger charge is 2.08. The zero-order valence-electron chi connectivity index (χ0n) is 17.0. The van der Waals surface area contributed by atoms with Gasteiger partial charge < -0.3 is 5.11 Å². The summed E-state index contributed by atoms with van der Waals surface area (Å²) in [6.07, 6.45) is 6.52. The fourth-order valence-corrected chi connectivity index (χ4v) is 4.63. The van der Waals surface area contributed by atoms with Gasteiger partial charge in [0.15, 0.2) is 0 Å². The van der Waals surface area contributed by atoms with Gasteiger partial charge in [-0.05, 0) is 64.9 Å². The number of rotatable bonds is 6. The summed E-state index contributed by atoms with van der Waals surface area (Å²) in [6, 6.07) is 29.8. The lowest BCUT2D eigenvalue weighted by Crippen LogP contribution is -1.94. The maximum atomic E-state index is 9.84. The minimum Gasteiger partial charge on any atom is -0.389 e. The zero-order valence-corrected chi connectivity index (χ0v) is 17.8. The molecule has 0 aliphatic carbocycles. The van der Waals surface area contributed by atoms with Crippen molar-refractivity contribution in [2.45, 2.75) is 25.9 Å². The van der Waals surface area contributed by atoms with Crippen molar-refractivity contribution >= 4 is 11.3 Å². The van der Waals surface area contributed by atoms with E-state index in [4.69, 9.17) is 6.42 Å². The number of benzene rings is 3. The molecule has 4 aromatic rings. The van der Waals surface area contributed by atoms with Crippen LogP contribution in [0.15, 0.2) is 84.9 Å². The van der Waals surface area contributed by atoms with Gasteiger partial charge in [0.05, 0.1) is 6.10 Å². The third-order valence-electron chi connectivity index (χ3n) is 5.18. The maximum Gasteiger partial charge on any atom is 0.0762 e. The van der Waals surface area contributed by atoms with Crippen LogP contribution in [0, 0.1) is 12.3 Å². The second-order valence-corrected chi connectivity index (χ2v) is 8.63. The lowest BCUT2D eigenvalue weighted by molar-refractivity contribution is 0.199. The molecule has 0 aliphatic heterocycles. The van der Waals surface area contributed by atoms with Gasteiger partial charge in [0, 0.05) is 16.2 Å². The Kier molecular flexibility index (Phi) is 6.14. The van der Waals surface area contributed by atoms with E-state index in [9.17, 15) is 5.11 Å². The topological polar surface area (TPSA) is 20.2 Å². The summed E-state index contributed by atoms with van der Waals surface area (Å²) in [6.45, 7) is 1.80. The van der Waals surface area contributed by atoms with Gasteiger partial charge in [-0.3, -0.25) is 0 Å². The molecule has 0 aliphatic rings. The van der Waals surface area contributed by atoms with E-state index in [-0.39, 0.29) is 0 Å². The summed E-state index contributed by atoms with van der Waals surface area (Å²) in [5, 5.41) is 9.84. The highest BCUT2D eigenvalue weighted by atomic mass is 32.1. The first-order valence-corrected chi connectivity index (χ1v) is 10.9. The first kappa shape index (κ1) is 20.2. The Morgan fingerprint density at radius 3 is 2.00 bits per heavy atom. The van der Waals surface area contributed by atoms with Crippen LogP contribution in [0.5, 0.6) is 0 Å². The van der Waals surface area contributed by atoms with Crippen LogP contribution in [0.3, 0.4) is 0 Å². The molecule has 0 amide bonds. The van der Waals surface area contributed by atoms with Crippen molar-refractivity contribution in [3.8, 4) is 33.2 Å². The van der Waals surface area contributed by atoms with Crippen LogP contribution in [-0.4, -0.2) is 5.11 Å². The molecule has 0 radical (unpaired) electrons. The van der Waals surface area contributed by atoms with Crippen LogP contribution in [0.2, 0.25) is 0 Å². The zero-order chi connectivity index (χ0) is 20.9. The van der Waals surface area contributed by atoms with Crippen molar-refractivity contribution in [2.75, 3.05) is 0 Å². The molecule has 2 heteroatoms. The first-order chi connectivity index (χ1) is 14.6. The van der Waals surface area contributed by atoms with Gasteiger partial charge in [-0.15, -0.1) is 23.7 Å². The molecule has 0 fully saturated rings. The van der Waals surface area contributed by atoms with E-state index in [0.29, 0.717) is 6.42 Å². The number of aliphatic hydroxyl groups is 1. The third-order valence-corrected chi connectivity index (χ3v) is 6.36. The van der Waals surface area contributed by atoms with E-state index < -0.39 is 6.10 Å². The second kappa shape index (κ2) is 9.13. The van der Waals surface area contributed by atoms with E-state index in [1.54, 1.807) is 18.3 Å². The van der Waals surface area contributed by atoms with Gasteiger partial charge in [-0.1, -0.05) is 66.7 Å². The molecule has 0 spiro atoms. The minimum atomic E-state index is -0.444. The van der Waals surface area contributed by atoms with Gasteiger partial charge in [0.1, 0.15) is 0 Å². The molecule has 3 aromatic carbocycles. The minimum absolute atomic E-state index is 0.444. The van der Waals surface area contributed by atoms with Crippen molar-refractivity contribution in [1.29, 1.82) is 0 Å². The fraction of sp³-hybridized carbons (Fsp3) is 0.143. The quantitative estimate of drug-likeness (QED) is 0.344. The summed E-state index contributed by atoms with van der Waals surface area (Å²) in [5.41, 5.74) is 7.05. The largest absolute Gasteiger partial charge is 0.389 e. The summed E-state index contributed by atoms with van der Waals surface area (Å²) in [5.74, 6) is 2.72. The summed E-state index contributed by atoms with van der Waals surface area (Å²) in [4.78, 5) is 2.51. The van der Waals surface area contributed by atoms with E-state index in [1.807, 2.05) is 12.1 Å². The number of terminal acetylenes is 1. The molecular weight excluding hydrogens is 384 g/mol. The highest BCUT2D eigenvalue weighted by Crippen LogP contribution is 2.35. The maximum absolute atomic E-state index is 9.84. The van der Waals surface area contributed by atoms with Gasteiger partial charge in [-0.2, -0.15) is 0 Å². The molecular formula is C28H24OS. The Bertz CT molecular complexity index is 1190. The van der Waals surface area contributed by atoms with Crippen molar-refractivity contribution in [2.24, 2.45) is 0 Å². The Labute approximate surface area is 182 Å². The average molecular weight is 409 g/mol.